The van der Waals surface area contributed by atoms with Gasteiger partial charge in [0.2, 0.25) is 0 Å². The maximum absolute atomic E-state index is 12.5. The van der Waals surface area contributed by atoms with Crippen molar-refractivity contribution in [1.82, 2.24) is 15.0 Å². The normalized spacial score (nSPS) is 14.2. The number of ether oxygens (including phenoxy) is 1. The molecule has 5 rings (SSSR count). The lowest BCUT2D eigenvalue weighted by molar-refractivity contribution is 0.122. The average Bonchev–Trinajstić information content (AvgIpc) is 3.25. The van der Waals surface area contributed by atoms with E-state index in [0.29, 0.717) is 17.7 Å². The molecule has 4 heterocycles. The van der Waals surface area contributed by atoms with Gasteiger partial charge < -0.3 is 19.9 Å². The number of anilines is 2. The van der Waals surface area contributed by atoms with Crippen LogP contribution in [0.4, 0.5) is 11.5 Å². The zero-order valence-electron chi connectivity index (χ0n) is 17.2. The monoisotopic (exact) mass is 433 g/mol. The van der Waals surface area contributed by atoms with Crippen molar-refractivity contribution in [3.05, 3.63) is 68.9 Å². The standard InChI is InChI=1S/C23H23N5O2S/c1-15-26-20(14-31-15)19-12-17-6-7-24-23(29)21(17)22(27-19)25-13-16-2-4-18(5-3-16)28-8-10-30-11-9-28/h2-7,12,14H,8-11,13H2,1H3,(H,24,29)(H,25,27). The van der Waals surface area contributed by atoms with Crippen LogP contribution in [-0.4, -0.2) is 41.3 Å². The third kappa shape index (κ3) is 4.17. The number of morpholine rings is 1. The van der Waals surface area contributed by atoms with Gasteiger partial charge in [0.1, 0.15) is 5.82 Å². The molecule has 0 radical (unpaired) electrons. The molecule has 1 saturated heterocycles. The second-order valence-electron chi connectivity index (χ2n) is 7.50. The highest BCUT2D eigenvalue weighted by Crippen LogP contribution is 2.27. The molecule has 0 aliphatic carbocycles. The summed E-state index contributed by atoms with van der Waals surface area (Å²) in [6.07, 6.45) is 1.66. The lowest BCUT2D eigenvalue weighted by Crippen LogP contribution is -2.36. The van der Waals surface area contributed by atoms with Crippen LogP contribution in [0.3, 0.4) is 0 Å². The van der Waals surface area contributed by atoms with Crippen molar-refractivity contribution in [2.24, 2.45) is 0 Å². The quantitative estimate of drug-likeness (QED) is 0.498. The van der Waals surface area contributed by atoms with E-state index in [1.54, 1.807) is 17.5 Å². The molecule has 0 bridgehead atoms. The first-order valence-electron chi connectivity index (χ1n) is 10.3. The summed E-state index contributed by atoms with van der Waals surface area (Å²) >= 11 is 1.59. The summed E-state index contributed by atoms with van der Waals surface area (Å²) in [7, 11) is 0. The highest BCUT2D eigenvalue weighted by atomic mass is 32.1. The number of hydrogen-bond donors (Lipinski definition) is 2. The Hall–Kier alpha value is -3.23. The molecule has 3 aromatic heterocycles. The number of aryl methyl sites for hydroxylation is 1. The number of rotatable bonds is 5. The van der Waals surface area contributed by atoms with E-state index in [4.69, 9.17) is 9.72 Å². The summed E-state index contributed by atoms with van der Waals surface area (Å²) in [5.74, 6) is 0.567. The number of nitrogens with one attached hydrogen (secondary N) is 2. The molecule has 1 aromatic carbocycles. The minimum atomic E-state index is -0.156. The molecule has 8 heteroatoms. The Morgan fingerprint density at radius 1 is 1.13 bits per heavy atom. The number of hydrogen-bond acceptors (Lipinski definition) is 7. The number of fused-ring (bicyclic) bond motifs is 1. The third-order valence-corrected chi connectivity index (χ3v) is 6.18. The molecule has 0 atom stereocenters. The van der Waals surface area contributed by atoms with E-state index < -0.39 is 0 Å². The van der Waals surface area contributed by atoms with Gasteiger partial charge in [-0.05, 0) is 42.1 Å². The van der Waals surface area contributed by atoms with E-state index in [0.717, 1.165) is 53.6 Å². The van der Waals surface area contributed by atoms with Crippen LogP contribution in [0.25, 0.3) is 22.2 Å². The summed E-state index contributed by atoms with van der Waals surface area (Å²) in [6, 6.07) is 12.3. The second-order valence-corrected chi connectivity index (χ2v) is 8.56. The van der Waals surface area contributed by atoms with Crippen molar-refractivity contribution in [2.75, 3.05) is 36.5 Å². The number of thiazole rings is 1. The Labute approximate surface area is 183 Å². The van der Waals surface area contributed by atoms with Crippen LogP contribution in [-0.2, 0) is 11.3 Å². The van der Waals surface area contributed by atoms with Crippen LogP contribution in [0.5, 0.6) is 0 Å². The van der Waals surface area contributed by atoms with E-state index >= 15 is 0 Å². The van der Waals surface area contributed by atoms with Crippen molar-refractivity contribution in [3.8, 4) is 11.4 Å². The second kappa shape index (κ2) is 8.49. The predicted molar refractivity (Wildman–Crippen MR) is 125 cm³/mol. The molecular weight excluding hydrogens is 410 g/mol. The van der Waals surface area contributed by atoms with Gasteiger partial charge in [0.05, 0.1) is 35.0 Å². The summed E-state index contributed by atoms with van der Waals surface area (Å²) in [6.45, 7) is 5.91. The van der Waals surface area contributed by atoms with Crippen LogP contribution in [0, 0.1) is 6.92 Å². The van der Waals surface area contributed by atoms with Gasteiger partial charge >= 0.3 is 0 Å². The fourth-order valence-electron chi connectivity index (χ4n) is 3.79. The van der Waals surface area contributed by atoms with Crippen molar-refractivity contribution >= 4 is 33.6 Å². The largest absolute Gasteiger partial charge is 0.378 e. The Kier molecular flexibility index (Phi) is 5.40. The maximum atomic E-state index is 12.5. The molecule has 1 aliphatic heterocycles. The molecule has 4 aromatic rings. The zero-order valence-corrected chi connectivity index (χ0v) is 18.0. The first-order valence-corrected chi connectivity index (χ1v) is 11.2. The Balaban J connectivity index is 1.42. The molecule has 1 aliphatic rings. The van der Waals surface area contributed by atoms with Crippen molar-refractivity contribution in [1.29, 1.82) is 0 Å². The number of H-pyrrole nitrogens is 1. The molecule has 7 nitrogen and oxygen atoms in total. The van der Waals surface area contributed by atoms with Gasteiger partial charge in [-0.3, -0.25) is 4.79 Å². The van der Waals surface area contributed by atoms with E-state index in [9.17, 15) is 4.79 Å². The van der Waals surface area contributed by atoms with Crippen molar-refractivity contribution in [2.45, 2.75) is 13.5 Å². The number of aromatic amines is 1. The van der Waals surface area contributed by atoms with E-state index in [2.05, 4.69) is 44.5 Å². The van der Waals surface area contributed by atoms with Gasteiger partial charge in [0.25, 0.3) is 5.56 Å². The summed E-state index contributed by atoms with van der Waals surface area (Å²) in [4.78, 5) is 26.9. The van der Waals surface area contributed by atoms with E-state index in [1.165, 1.54) is 5.69 Å². The molecule has 0 amide bonds. The van der Waals surface area contributed by atoms with Crippen LogP contribution in [0.2, 0.25) is 0 Å². The zero-order chi connectivity index (χ0) is 21.2. The number of benzene rings is 1. The fraction of sp³-hybridized carbons (Fsp3) is 0.261. The van der Waals surface area contributed by atoms with Gasteiger partial charge in [-0.1, -0.05) is 12.1 Å². The molecular formula is C23H23N5O2S. The third-order valence-electron chi connectivity index (χ3n) is 5.41. The minimum absolute atomic E-state index is 0.156. The van der Waals surface area contributed by atoms with Gasteiger partial charge in [-0.15, -0.1) is 11.3 Å². The Bertz CT molecular complexity index is 1260. The number of pyridine rings is 2. The Morgan fingerprint density at radius 3 is 2.68 bits per heavy atom. The number of nitrogens with zero attached hydrogens (tertiary/aromatic N) is 3. The van der Waals surface area contributed by atoms with Gasteiger partial charge in [-0.25, -0.2) is 9.97 Å². The molecule has 1 fully saturated rings. The molecule has 31 heavy (non-hydrogen) atoms. The van der Waals surface area contributed by atoms with E-state index in [-0.39, 0.29) is 5.56 Å². The highest BCUT2D eigenvalue weighted by Gasteiger charge is 2.13. The predicted octanol–water partition coefficient (Wildman–Crippen LogP) is 3.80. The van der Waals surface area contributed by atoms with E-state index in [1.807, 2.05) is 24.4 Å². The smallest absolute Gasteiger partial charge is 0.259 e. The van der Waals surface area contributed by atoms with Crippen molar-refractivity contribution in [3.63, 3.8) is 0 Å². The molecule has 158 valence electrons. The van der Waals surface area contributed by atoms with Crippen molar-refractivity contribution < 1.29 is 4.74 Å². The van der Waals surface area contributed by atoms with Crippen LogP contribution in [0.15, 0.2) is 52.8 Å². The summed E-state index contributed by atoms with van der Waals surface area (Å²) in [5.41, 5.74) is 3.74. The highest BCUT2D eigenvalue weighted by molar-refractivity contribution is 7.09. The topological polar surface area (TPSA) is 83.1 Å². The molecule has 0 unspecified atom stereocenters. The average molecular weight is 434 g/mol. The van der Waals surface area contributed by atoms with Crippen LogP contribution >= 0.6 is 11.3 Å². The lowest BCUT2D eigenvalue weighted by Gasteiger charge is -2.28. The maximum Gasteiger partial charge on any atom is 0.259 e. The number of aromatic nitrogens is 3. The SMILES string of the molecule is Cc1nc(-c2cc3cc[nH]c(=O)c3c(NCc3ccc(N4CCOCC4)cc3)n2)cs1. The first kappa shape index (κ1) is 19.7. The molecule has 0 spiro atoms. The molecule has 0 saturated carbocycles. The minimum Gasteiger partial charge on any atom is -0.378 e. The van der Waals surface area contributed by atoms with Crippen LogP contribution in [0.1, 0.15) is 10.6 Å². The Morgan fingerprint density at radius 2 is 1.94 bits per heavy atom. The van der Waals surface area contributed by atoms with Gasteiger partial charge in [0, 0.05) is 36.9 Å². The molecule has 2 N–H and O–H groups in total. The fourth-order valence-corrected chi connectivity index (χ4v) is 4.39. The summed E-state index contributed by atoms with van der Waals surface area (Å²) < 4.78 is 5.43. The van der Waals surface area contributed by atoms with Gasteiger partial charge in [-0.2, -0.15) is 0 Å². The van der Waals surface area contributed by atoms with Crippen LogP contribution < -0.4 is 15.8 Å². The first-order chi connectivity index (χ1) is 15.2. The lowest BCUT2D eigenvalue weighted by atomic mass is 10.1. The van der Waals surface area contributed by atoms with Gasteiger partial charge in [0.15, 0.2) is 0 Å². The summed E-state index contributed by atoms with van der Waals surface area (Å²) in [5, 5.41) is 7.74.